The molecule has 0 aromatic heterocycles. The number of thiol groups is 1. The van der Waals surface area contributed by atoms with Crippen LogP contribution in [0.15, 0.2) is 298 Å². The lowest BCUT2D eigenvalue weighted by atomic mass is 9.81. The number of rotatable bonds is 12. The van der Waals surface area contributed by atoms with Crippen LogP contribution in [0.4, 0.5) is 0 Å². The van der Waals surface area contributed by atoms with E-state index in [4.69, 9.17) is 64.2 Å². The number of phenols is 2. The monoisotopic (exact) mass is 1980 g/mol. The number of hydrogen-bond acceptors (Lipinski definition) is 11. The van der Waals surface area contributed by atoms with Crippen LogP contribution < -0.4 is 19.7 Å². The van der Waals surface area contributed by atoms with Crippen molar-refractivity contribution in [2.75, 3.05) is 26.3 Å². The second-order valence-corrected chi connectivity index (χ2v) is 35.9. The van der Waals surface area contributed by atoms with E-state index >= 15 is 0 Å². The van der Waals surface area contributed by atoms with Gasteiger partial charge in [0.2, 0.25) is 0 Å². The third kappa shape index (κ3) is 33.0. The molecule has 554 valence electrons. The van der Waals surface area contributed by atoms with Gasteiger partial charge in [0.15, 0.2) is 0 Å². The van der Waals surface area contributed by atoms with Gasteiger partial charge in [0.25, 0.3) is 0 Å². The highest BCUT2D eigenvalue weighted by molar-refractivity contribution is 14.1. The zero-order valence-electron chi connectivity index (χ0n) is 60.5. The lowest BCUT2D eigenvalue weighted by Gasteiger charge is -2.13. The van der Waals surface area contributed by atoms with Crippen molar-refractivity contribution in [1.29, 1.82) is 0 Å². The smallest absolute Gasteiger partial charge is 0.488 e. The molecule has 0 bridgehead atoms. The van der Waals surface area contributed by atoms with Gasteiger partial charge >= 0.3 is 10.3 Å². The molecule has 0 aliphatic heterocycles. The average Bonchev–Trinajstić information content (AvgIpc) is 0.822. The second kappa shape index (κ2) is 50.8. The van der Waals surface area contributed by atoms with Crippen molar-refractivity contribution in [1.82, 2.24) is 0 Å². The van der Waals surface area contributed by atoms with E-state index in [-0.39, 0.29) is 8.93 Å². The molecule has 0 aliphatic carbocycles. The fourth-order valence-electron chi connectivity index (χ4n) is 9.52. The maximum atomic E-state index is 10.2. The predicted octanol–water partition coefficient (Wildman–Crippen LogP) is 28.2. The summed E-state index contributed by atoms with van der Waals surface area (Å²) in [5.41, 5.74) is 15.0. The molecule has 0 saturated heterocycles. The van der Waals surface area contributed by atoms with Crippen molar-refractivity contribution in [3.8, 4) is 51.0 Å². The van der Waals surface area contributed by atoms with Crippen LogP contribution in [-0.2, 0) is 0 Å². The van der Waals surface area contributed by atoms with Gasteiger partial charge < -0.3 is 34.5 Å². The largest absolute Gasteiger partial charge is 0.507 e. The minimum Gasteiger partial charge on any atom is -0.507 e. The lowest BCUT2D eigenvalue weighted by Crippen LogP contribution is -2.29. The summed E-state index contributed by atoms with van der Waals surface area (Å²) in [6.45, 7) is 17.0. The number of halogens is 9. The van der Waals surface area contributed by atoms with Crippen LogP contribution in [0.3, 0.4) is 0 Å². The van der Waals surface area contributed by atoms with E-state index in [9.17, 15) is 5.11 Å². The molecule has 4 N–H and O–H groups in total. The first-order valence-corrected chi connectivity index (χ1v) is 42.9. The first-order chi connectivity index (χ1) is 50.6. The van der Waals surface area contributed by atoms with Gasteiger partial charge in [-0.3, -0.25) is 0 Å². The van der Waals surface area contributed by atoms with Crippen LogP contribution in [0.5, 0.6) is 28.7 Å². The topological polar surface area (TPSA) is 109 Å². The molecule has 0 spiro atoms. The Morgan fingerprint density at radius 1 is 0.358 bits per heavy atom. The number of ether oxygens (including phenoxy) is 3. The molecule has 0 atom stereocenters. The van der Waals surface area contributed by atoms with Crippen molar-refractivity contribution in [3.63, 3.8) is 0 Å². The maximum absolute atomic E-state index is 10.2. The molecule has 22 heteroatoms. The Labute approximate surface area is 716 Å². The van der Waals surface area contributed by atoms with Gasteiger partial charge in [-0.2, -0.15) is 0 Å². The van der Waals surface area contributed by atoms with E-state index in [1.807, 2.05) is 102 Å². The molecule has 0 fully saturated rings. The number of benzene rings is 12. The molecular weight excluding hydrogens is 1900 g/mol. The van der Waals surface area contributed by atoms with E-state index < -0.39 is 7.12 Å². The molecule has 0 amide bonds. The van der Waals surface area contributed by atoms with E-state index in [2.05, 4.69) is 285 Å². The van der Waals surface area contributed by atoms with Gasteiger partial charge in [-0.05, 0) is 212 Å². The van der Waals surface area contributed by atoms with Crippen molar-refractivity contribution in [2.45, 2.75) is 89.7 Å². The Kier molecular flexibility index (Phi) is 44.8. The second-order valence-electron chi connectivity index (χ2n) is 22.7. The SMILES string of the molecule is BrB(Br)Br.CI.COc1ccc(Br)cc1Cl.COc1ccc(Sc2c(C)cccc2C)cc1-c1ccccc1.COc1ccc(Sc2c(C)cccc2C)cc1Cl.Cc1cccc(C)c1S.Cc1cccc(C)c1Sc1ccc(O)c(-c2ccccc2)c1.OB(O)c1ccccc1.Oc1ccc(Br)cc1Cl. The molecule has 0 saturated carbocycles. The molecular formula is C84H83B2Br5Cl3IO7S4. The molecule has 0 heterocycles. The quantitative estimate of drug-likeness (QED) is 0.0351. The van der Waals surface area contributed by atoms with Crippen LogP contribution in [0.1, 0.15) is 44.5 Å². The van der Waals surface area contributed by atoms with Crippen molar-refractivity contribution in [3.05, 3.63) is 323 Å². The lowest BCUT2D eigenvalue weighted by molar-refractivity contribution is 0.414. The number of hydrogen-bond donors (Lipinski definition) is 5. The highest BCUT2D eigenvalue weighted by atomic mass is 127. The normalized spacial score (nSPS) is 9.89. The van der Waals surface area contributed by atoms with Crippen molar-refractivity contribution in [2.24, 2.45) is 0 Å². The molecule has 12 rings (SSSR count). The number of alkyl halides is 1. The Morgan fingerprint density at radius 3 is 1.00 bits per heavy atom. The minimum absolute atomic E-state index is 0.111. The number of aryl methyl sites for hydroxylation is 8. The minimum atomic E-state index is -1.34. The van der Waals surface area contributed by atoms with E-state index in [0.29, 0.717) is 37.8 Å². The van der Waals surface area contributed by atoms with Gasteiger partial charge in [0.1, 0.15) is 28.7 Å². The summed E-state index contributed by atoms with van der Waals surface area (Å²) in [4.78, 5) is 10.5. The highest BCUT2D eigenvalue weighted by Crippen LogP contribution is 2.41. The summed E-state index contributed by atoms with van der Waals surface area (Å²) in [7, 11) is 3.60. The number of methoxy groups -OCH3 is 3. The third-order valence-corrected chi connectivity index (χ3v) is 21.5. The fourth-order valence-corrected chi connectivity index (χ4v) is 14.4. The number of phenolic OH excluding ortho intramolecular Hbond substituents is 2. The van der Waals surface area contributed by atoms with Crippen LogP contribution in [0.2, 0.25) is 15.1 Å². The first-order valence-electron chi connectivity index (χ1n) is 32.4. The zero-order chi connectivity index (χ0) is 78.4. The van der Waals surface area contributed by atoms with Gasteiger partial charge in [-0.1, -0.05) is 288 Å². The summed E-state index contributed by atoms with van der Waals surface area (Å²) < 4.78 is 17.7. The van der Waals surface area contributed by atoms with E-state index in [1.165, 1.54) is 75.7 Å². The molecule has 0 aliphatic rings. The third-order valence-electron chi connectivity index (χ3n) is 14.9. The van der Waals surface area contributed by atoms with Gasteiger partial charge in [-0.15, -0.1) is 59.9 Å². The Hall–Kier alpha value is -4.91. The Morgan fingerprint density at radius 2 is 0.660 bits per heavy atom. The molecule has 12 aromatic rings. The highest BCUT2D eigenvalue weighted by Gasteiger charge is 2.14. The van der Waals surface area contributed by atoms with E-state index in [1.54, 1.807) is 93.4 Å². The average molecular weight is 1990 g/mol. The molecule has 12 aromatic carbocycles. The van der Waals surface area contributed by atoms with Crippen molar-refractivity contribution >= 4 is 200 Å². The molecule has 106 heavy (non-hydrogen) atoms. The first kappa shape index (κ1) is 93.5. The summed E-state index contributed by atoms with van der Waals surface area (Å²) in [5.74, 6) is 2.74. The van der Waals surface area contributed by atoms with Crippen LogP contribution in [0, 0.1) is 55.4 Å². The summed E-state index contributed by atoms with van der Waals surface area (Å²) in [6.07, 6.45) is 0. The maximum Gasteiger partial charge on any atom is 0.488 e. The Balaban J connectivity index is 0.000000267. The summed E-state index contributed by atoms with van der Waals surface area (Å²) in [6, 6.07) is 82.8. The zero-order valence-corrected chi connectivity index (χ0v) is 76.2. The van der Waals surface area contributed by atoms with E-state index in [0.717, 1.165) is 46.1 Å². The van der Waals surface area contributed by atoms with Crippen LogP contribution in [0.25, 0.3) is 22.3 Å². The van der Waals surface area contributed by atoms with Gasteiger partial charge in [0, 0.05) is 54.3 Å². The Bertz CT molecular complexity index is 4560. The molecule has 0 radical (unpaired) electrons. The number of aromatic hydroxyl groups is 2. The standard InChI is InChI=1S/C21H20OS.C20H18OS.C15H15ClOS.C8H10S.C7H6BrClO.C6H7BO2.C6H4BrClO.CH3I.BBr3/c1-15-8-7-9-16(2)21(15)23-18-12-13-20(22-3)19(14-18)17-10-5-4-6-11-17;1-14-7-6-8-15(2)20(14)22-17-11-12-19(21)18(13-17)16-9-4-3-5-10-16;1-10-5-4-6-11(2)15(10)18-12-7-8-14(17-3)13(16)9-12;1-6-4-3-5-7(2)8(6)9;1-10-7-3-2-5(8)4-6(7)9;8-7(9)6-4-2-1-3-5-6;7-4-1-2-6(9)5(8)3-4;1-2;2-1(3)4/h4-14H,1-3H3;3-13,21H,1-2H3;4-9H,1-3H3;3-5,9H,1-2H3;2-4H,1H3;1-5,8-9H;1-3,9H;1H3;. The van der Waals surface area contributed by atoms with Gasteiger partial charge in [0.05, 0.1) is 36.4 Å². The summed E-state index contributed by atoms with van der Waals surface area (Å²) in [5, 5.41) is 37.8. The van der Waals surface area contributed by atoms with Crippen LogP contribution in [-0.4, -0.2) is 56.8 Å². The predicted molar refractivity (Wildman–Crippen MR) is 489 cm³/mol. The molecule has 0 unspecified atom stereocenters. The van der Waals surface area contributed by atoms with Gasteiger partial charge in [-0.25, -0.2) is 0 Å². The van der Waals surface area contributed by atoms with Crippen molar-refractivity contribution < 1.29 is 34.5 Å². The fraction of sp³-hybridized carbons (Fsp3) is 0.143. The molecule has 7 nitrogen and oxygen atoms in total. The summed E-state index contributed by atoms with van der Waals surface area (Å²) >= 11 is 45.0. The van der Waals surface area contributed by atoms with Crippen LogP contribution >= 0.6 is 184 Å².